The van der Waals surface area contributed by atoms with Gasteiger partial charge in [-0.05, 0) is 30.3 Å². The summed E-state index contributed by atoms with van der Waals surface area (Å²) in [5.41, 5.74) is -0.0984. The van der Waals surface area contributed by atoms with Crippen molar-refractivity contribution in [1.29, 1.82) is 0 Å². The highest BCUT2D eigenvalue weighted by atomic mass is 32.2. The zero-order valence-electron chi connectivity index (χ0n) is 16.4. The Kier molecular flexibility index (Phi) is 5.31. The number of carbonyl (C=O) groups excluding carboxylic acids is 1. The van der Waals surface area contributed by atoms with Gasteiger partial charge in [-0.2, -0.15) is 4.31 Å². The fourth-order valence-electron chi connectivity index (χ4n) is 3.09. The summed E-state index contributed by atoms with van der Waals surface area (Å²) in [6.07, 6.45) is 2.13. The largest absolute Gasteiger partial charge is 0.464 e. The second-order valence-corrected chi connectivity index (χ2v) is 8.55. The van der Waals surface area contributed by atoms with Crippen LogP contribution in [0.3, 0.4) is 0 Å². The number of rotatable bonds is 5. The summed E-state index contributed by atoms with van der Waals surface area (Å²) in [5.74, 6) is -0.338. The van der Waals surface area contributed by atoms with Gasteiger partial charge < -0.3 is 9.15 Å². The minimum Gasteiger partial charge on any atom is -0.464 e. The number of hydrogen-bond acceptors (Lipinski definition) is 6. The number of hydrogen-bond donors (Lipinski definition) is 0. The highest BCUT2D eigenvalue weighted by Gasteiger charge is 2.30. The van der Waals surface area contributed by atoms with E-state index in [1.807, 2.05) is 0 Å². The Bertz CT molecular complexity index is 1410. The molecule has 0 N–H and O–H groups in total. The quantitative estimate of drug-likeness (QED) is 0.467. The van der Waals surface area contributed by atoms with Crippen LogP contribution in [0.5, 0.6) is 11.5 Å². The molecule has 1 heterocycles. The molecule has 1 amide bonds. The second-order valence-electron chi connectivity index (χ2n) is 6.71. The van der Waals surface area contributed by atoms with E-state index >= 15 is 0 Å². The lowest BCUT2D eigenvalue weighted by Crippen LogP contribution is -2.36. The highest BCUT2D eigenvalue weighted by molar-refractivity contribution is 7.92. The van der Waals surface area contributed by atoms with Crippen molar-refractivity contribution in [3.8, 4) is 11.5 Å². The van der Waals surface area contributed by atoms with Gasteiger partial charge >= 0.3 is 0 Å². The predicted octanol–water partition coefficient (Wildman–Crippen LogP) is 4.19. The molecule has 0 spiro atoms. The first-order valence-corrected chi connectivity index (χ1v) is 11.1. The van der Waals surface area contributed by atoms with Crippen molar-refractivity contribution in [2.24, 2.45) is 0 Å². The lowest BCUT2D eigenvalue weighted by Gasteiger charge is -2.23. The van der Waals surface area contributed by atoms with Gasteiger partial charge in [0.25, 0.3) is 5.91 Å². The molecule has 4 aromatic rings. The number of para-hydroxylation sites is 1. The minimum absolute atomic E-state index is 0.0203. The fraction of sp³-hybridized carbons (Fsp3) is 0.0435. The van der Waals surface area contributed by atoms with E-state index in [1.54, 1.807) is 48.5 Å². The Labute approximate surface area is 178 Å². The maximum Gasteiger partial charge on any atom is 0.272 e. The molecule has 7 nitrogen and oxygen atoms in total. The van der Waals surface area contributed by atoms with Crippen LogP contribution in [-0.4, -0.2) is 20.6 Å². The van der Waals surface area contributed by atoms with Crippen LogP contribution in [0.4, 0.5) is 5.69 Å². The summed E-state index contributed by atoms with van der Waals surface area (Å²) in [5, 5.41) is 0.192. The van der Waals surface area contributed by atoms with Crippen LogP contribution in [0.15, 0.2) is 94.3 Å². The number of benzene rings is 3. The molecule has 0 saturated carbocycles. The Balaban J connectivity index is 1.97. The molecule has 4 rings (SSSR count). The zero-order chi connectivity index (χ0) is 22.0. The summed E-state index contributed by atoms with van der Waals surface area (Å²) >= 11 is 0. The van der Waals surface area contributed by atoms with Gasteiger partial charge in [0, 0.05) is 17.7 Å². The van der Waals surface area contributed by atoms with Crippen LogP contribution in [0.25, 0.3) is 11.0 Å². The maximum absolute atomic E-state index is 13.2. The van der Waals surface area contributed by atoms with Crippen molar-refractivity contribution < 1.29 is 22.4 Å². The van der Waals surface area contributed by atoms with Gasteiger partial charge in [0.15, 0.2) is 11.2 Å². The molecule has 0 unspecified atom stereocenters. The monoisotopic (exact) mass is 435 g/mol. The second kappa shape index (κ2) is 8.08. The number of nitrogens with zero attached hydrogens (tertiary/aromatic N) is 1. The lowest BCUT2D eigenvalue weighted by atomic mass is 10.1. The molecule has 0 radical (unpaired) electrons. The molecule has 31 heavy (non-hydrogen) atoms. The number of ether oxygens (including phenoxy) is 1. The Morgan fingerprint density at radius 3 is 2.23 bits per heavy atom. The average Bonchev–Trinajstić information content (AvgIpc) is 2.75. The van der Waals surface area contributed by atoms with Crippen LogP contribution >= 0.6 is 0 Å². The van der Waals surface area contributed by atoms with Crippen molar-refractivity contribution in [3.05, 3.63) is 101 Å². The van der Waals surface area contributed by atoms with E-state index in [9.17, 15) is 18.0 Å². The van der Waals surface area contributed by atoms with Gasteiger partial charge in [-0.1, -0.05) is 36.4 Å². The van der Waals surface area contributed by atoms with Crippen molar-refractivity contribution >= 4 is 32.6 Å². The van der Waals surface area contributed by atoms with Gasteiger partial charge in [0.05, 0.1) is 17.9 Å². The number of amides is 1. The maximum atomic E-state index is 13.2. The topological polar surface area (TPSA) is 93.9 Å². The van der Waals surface area contributed by atoms with Gasteiger partial charge in [-0.15, -0.1) is 0 Å². The number of sulfonamides is 1. The van der Waals surface area contributed by atoms with E-state index in [4.69, 9.17) is 9.15 Å². The van der Waals surface area contributed by atoms with Crippen molar-refractivity contribution in [2.45, 2.75) is 0 Å². The van der Waals surface area contributed by atoms with Crippen LogP contribution < -0.4 is 14.5 Å². The molecule has 0 bridgehead atoms. The molecule has 0 saturated heterocycles. The molecule has 0 aliphatic carbocycles. The van der Waals surface area contributed by atoms with Crippen LogP contribution in [0, 0.1) is 0 Å². The standard InChI is InChI=1S/C23H17NO6S/c1-31(27,28)24(23(26)16-8-4-2-5-9-16)19-15-21-18(20(25)12-13-29-21)14-22(19)30-17-10-6-3-7-11-17/h2-15H,1H3. The van der Waals surface area contributed by atoms with E-state index in [-0.39, 0.29) is 33.4 Å². The van der Waals surface area contributed by atoms with Gasteiger partial charge in [-0.25, -0.2) is 8.42 Å². The van der Waals surface area contributed by atoms with E-state index < -0.39 is 15.9 Å². The Morgan fingerprint density at radius 2 is 1.58 bits per heavy atom. The van der Waals surface area contributed by atoms with Gasteiger partial charge in [0.1, 0.15) is 17.0 Å². The first-order chi connectivity index (χ1) is 14.8. The van der Waals surface area contributed by atoms with E-state index in [2.05, 4.69) is 0 Å². The molecule has 0 aliphatic heterocycles. The molecule has 0 aliphatic rings. The minimum atomic E-state index is -4.07. The third kappa shape index (κ3) is 4.19. The highest BCUT2D eigenvalue weighted by Crippen LogP contribution is 2.37. The first kappa shape index (κ1) is 20.4. The van der Waals surface area contributed by atoms with Crippen LogP contribution in [0.1, 0.15) is 10.4 Å². The third-order valence-corrected chi connectivity index (χ3v) is 5.49. The van der Waals surface area contributed by atoms with Gasteiger partial charge in [0.2, 0.25) is 10.0 Å². The Morgan fingerprint density at radius 1 is 0.935 bits per heavy atom. The Hall–Kier alpha value is -3.91. The predicted molar refractivity (Wildman–Crippen MR) is 117 cm³/mol. The smallest absolute Gasteiger partial charge is 0.272 e. The van der Waals surface area contributed by atoms with Crippen molar-refractivity contribution in [2.75, 3.05) is 10.6 Å². The van der Waals surface area contributed by atoms with Crippen molar-refractivity contribution in [3.63, 3.8) is 0 Å². The van der Waals surface area contributed by atoms with E-state index in [1.165, 1.54) is 36.6 Å². The van der Waals surface area contributed by atoms with E-state index in [0.717, 1.165) is 6.26 Å². The summed E-state index contributed by atoms with van der Waals surface area (Å²) in [4.78, 5) is 25.5. The normalized spacial score (nSPS) is 11.3. The molecule has 1 aromatic heterocycles. The molecule has 156 valence electrons. The molecular weight excluding hydrogens is 418 g/mol. The number of fused-ring (bicyclic) bond motifs is 1. The fourth-order valence-corrected chi connectivity index (χ4v) is 4.00. The number of carbonyl (C=O) groups is 1. The van der Waals surface area contributed by atoms with E-state index in [0.29, 0.717) is 10.1 Å². The first-order valence-electron chi connectivity index (χ1n) is 9.23. The van der Waals surface area contributed by atoms with Gasteiger partial charge in [-0.3, -0.25) is 9.59 Å². The summed E-state index contributed by atoms with van der Waals surface area (Å²) < 4.78 is 37.4. The lowest BCUT2D eigenvalue weighted by molar-refractivity contribution is 0.100. The summed E-state index contributed by atoms with van der Waals surface area (Å²) in [6.45, 7) is 0. The van der Waals surface area contributed by atoms with Crippen LogP contribution in [-0.2, 0) is 10.0 Å². The molecular formula is C23H17NO6S. The summed E-state index contributed by atoms with van der Waals surface area (Å²) in [6, 6.07) is 20.6. The molecule has 8 heteroatoms. The number of anilines is 1. The summed E-state index contributed by atoms with van der Waals surface area (Å²) in [7, 11) is -4.07. The SMILES string of the molecule is CS(=O)(=O)N(C(=O)c1ccccc1)c1cc2occc(=O)c2cc1Oc1ccccc1. The van der Waals surface area contributed by atoms with Crippen LogP contribution in [0.2, 0.25) is 0 Å². The zero-order valence-corrected chi connectivity index (χ0v) is 17.2. The third-order valence-electron chi connectivity index (χ3n) is 4.47. The average molecular weight is 435 g/mol. The van der Waals surface area contributed by atoms with Crippen molar-refractivity contribution in [1.82, 2.24) is 0 Å². The molecule has 0 fully saturated rings. The molecule has 0 atom stereocenters. The molecule has 3 aromatic carbocycles.